The van der Waals surface area contributed by atoms with Crippen molar-refractivity contribution in [1.29, 1.82) is 0 Å². The Kier molecular flexibility index (Phi) is 4.22. The molecule has 0 aromatic carbocycles. The van der Waals surface area contributed by atoms with Crippen LogP contribution in [0.5, 0.6) is 0 Å². The van der Waals surface area contributed by atoms with Gasteiger partial charge in [-0.15, -0.1) is 0 Å². The molecule has 1 N–H and O–H groups in total. The van der Waals surface area contributed by atoms with Crippen molar-refractivity contribution in [2.75, 3.05) is 13.1 Å². The van der Waals surface area contributed by atoms with E-state index in [0.29, 0.717) is 19.5 Å². The van der Waals surface area contributed by atoms with Crippen LogP contribution in [0.4, 0.5) is 0 Å². The smallest absolute Gasteiger partial charge is 0.308 e. The number of rotatable bonds is 3. The lowest BCUT2D eigenvalue weighted by Gasteiger charge is -2.32. The van der Waals surface area contributed by atoms with Crippen molar-refractivity contribution >= 4 is 11.9 Å². The Morgan fingerprint density at radius 3 is 2.72 bits per heavy atom. The Labute approximate surface area is 107 Å². The molecule has 3 unspecified atom stereocenters. The van der Waals surface area contributed by atoms with Crippen molar-refractivity contribution in [2.45, 2.75) is 51.2 Å². The van der Waals surface area contributed by atoms with Gasteiger partial charge in [0.05, 0.1) is 12.0 Å². The fraction of sp³-hybridized carbons (Fsp3) is 0.846. The third-order valence-electron chi connectivity index (χ3n) is 3.92. The van der Waals surface area contributed by atoms with Gasteiger partial charge in [0.15, 0.2) is 0 Å². The molecule has 2 rings (SSSR count). The first-order chi connectivity index (χ1) is 8.61. The minimum absolute atomic E-state index is 0.0168. The van der Waals surface area contributed by atoms with E-state index in [9.17, 15) is 9.59 Å². The van der Waals surface area contributed by atoms with E-state index in [1.54, 1.807) is 4.90 Å². The number of likely N-dealkylation sites (tertiary alicyclic amines) is 1. The molecule has 2 heterocycles. The summed E-state index contributed by atoms with van der Waals surface area (Å²) in [6, 6.07) is 0. The number of nitrogens with zero attached hydrogens (tertiary/aromatic N) is 1. The largest absolute Gasteiger partial charge is 0.481 e. The first-order valence-corrected chi connectivity index (χ1v) is 6.79. The van der Waals surface area contributed by atoms with Gasteiger partial charge in [-0.2, -0.15) is 0 Å². The van der Waals surface area contributed by atoms with Crippen molar-refractivity contribution in [3.63, 3.8) is 0 Å². The monoisotopic (exact) mass is 255 g/mol. The molecule has 5 nitrogen and oxygen atoms in total. The Hall–Kier alpha value is -1.10. The zero-order valence-corrected chi connectivity index (χ0v) is 10.8. The molecule has 0 radical (unpaired) electrons. The molecule has 2 aliphatic rings. The second-order valence-corrected chi connectivity index (χ2v) is 5.19. The van der Waals surface area contributed by atoms with E-state index >= 15 is 0 Å². The topological polar surface area (TPSA) is 66.8 Å². The summed E-state index contributed by atoms with van der Waals surface area (Å²) in [4.78, 5) is 24.9. The summed E-state index contributed by atoms with van der Waals surface area (Å²) < 4.78 is 5.68. The Balaban J connectivity index is 1.91. The molecule has 5 heteroatoms. The number of hydrogen-bond donors (Lipinski definition) is 1. The van der Waals surface area contributed by atoms with Crippen LogP contribution in [-0.4, -0.2) is 47.2 Å². The van der Waals surface area contributed by atoms with Gasteiger partial charge in [0.1, 0.15) is 6.10 Å². The molecule has 0 aromatic heterocycles. The SMILES string of the molecule is CCC1CCC(C(=O)N2CCCC(C(=O)O)C2)O1. The van der Waals surface area contributed by atoms with Crippen LogP contribution >= 0.6 is 0 Å². The Morgan fingerprint density at radius 1 is 1.33 bits per heavy atom. The van der Waals surface area contributed by atoms with Crippen LogP contribution in [0.2, 0.25) is 0 Å². The molecule has 0 aliphatic carbocycles. The van der Waals surface area contributed by atoms with Gasteiger partial charge in [0.2, 0.25) is 0 Å². The molecule has 3 atom stereocenters. The molecule has 2 saturated heterocycles. The van der Waals surface area contributed by atoms with E-state index in [2.05, 4.69) is 6.92 Å². The molecule has 102 valence electrons. The second-order valence-electron chi connectivity index (χ2n) is 5.19. The van der Waals surface area contributed by atoms with Crippen molar-refractivity contribution in [2.24, 2.45) is 5.92 Å². The number of carboxylic acids is 1. The minimum atomic E-state index is -0.800. The first kappa shape index (κ1) is 13.3. The Morgan fingerprint density at radius 2 is 2.11 bits per heavy atom. The number of carboxylic acid groups (broad SMARTS) is 1. The van der Waals surface area contributed by atoms with Crippen molar-refractivity contribution in [3.8, 4) is 0 Å². The molecular weight excluding hydrogens is 234 g/mol. The number of carbonyl (C=O) groups excluding carboxylic acids is 1. The lowest BCUT2D eigenvalue weighted by atomic mass is 9.97. The second kappa shape index (κ2) is 5.69. The third-order valence-corrected chi connectivity index (χ3v) is 3.92. The number of ether oxygens (including phenoxy) is 1. The highest BCUT2D eigenvalue weighted by atomic mass is 16.5. The van der Waals surface area contributed by atoms with Gasteiger partial charge in [-0.1, -0.05) is 6.92 Å². The highest BCUT2D eigenvalue weighted by molar-refractivity contribution is 5.82. The van der Waals surface area contributed by atoms with Crippen LogP contribution in [0.1, 0.15) is 39.0 Å². The molecule has 18 heavy (non-hydrogen) atoms. The van der Waals surface area contributed by atoms with Gasteiger partial charge in [0.25, 0.3) is 5.91 Å². The minimum Gasteiger partial charge on any atom is -0.481 e. The van der Waals surface area contributed by atoms with Crippen LogP contribution in [0.15, 0.2) is 0 Å². The van der Waals surface area contributed by atoms with E-state index in [1.165, 1.54) is 0 Å². The molecule has 0 saturated carbocycles. The molecule has 0 bridgehead atoms. The van der Waals surface area contributed by atoms with Crippen LogP contribution in [0.25, 0.3) is 0 Å². The van der Waals surface area contributed by atoms with Gasteiger partial charge in [-0.3, -0.25) is 9.59 Å². The summed E-state index contributed by atoms with van der Waals surface area (Å²) in [6.45, 7) is 3.06. The number of piperidine rings is 1. The van der Waals surface area contributed by atoms with E-state index < -0.39 is 11.9 Å². The summed E-state index contributed by atoms with van der Waals surface area (Å²) in [5.74, 6) is -1.23. The first-order valence-electron chi connectivity index (χ1n) is 6.79. The summed E-state index contributed by atoms with van der Waals surface area (Å²) in [6.07, 6.45) is 3.92. The normalized spacial score (nSPS) is 32.5. The third kappa shape index (κ3) is 2.83. The van der Waals surface area contributed by atoms with Gasteiger partial charge >= 0.3 is 5.97 Å². The van der Waals surface area contributed by atoms with Crippen LogP contribution in [-0.2, 0) is 14.3 Å². The number of hydrogen-bond acceptors (Lipinski definition) is 3. The fourth-order valence-electron chi connectivity index (χ4n) is 2.77. The molecule has 1 amide bonds. The van der Waals surface area contributed by atoms with E-state index in [0.717, 1.165) is 25.7 Å². The number of amides is 1. The van der Waals surface area contributed by atoms with Crippen molar-refractivity contribution in [1.82, 2.24) is 4.90 Å². The van der Waals surface area contributed by atoms with Gasteiger partial charge in [0, 0.05) is 13.1 Å². The van der Waals surface area contributed by atoms with Crippen LogP contribution in [0.3, 0.4) is 0 Å². The van der Waals surface area contributed by atoms with E-state index in [4.69, 9.17) is 9.84 Å². The zero-order valence-electron chi connectivity index (χ0n) is 10.8. The fourth-order valence-corrected chi connectivity index (χ4v) is 2.77. The predicted octanol–water partition coefficient (Wildman–Crippen LogP) is 1.27. The maximum Gasteiger partial charge on any atom is 0.308 e. The van der Waals surface area contributed by atoms with Crippen LogP contribution in [0, 0.1) is 5.92 Å². The van der Waals surface area contributed by atoms with Crippen molar-refractivity contribution < 1.29 is 19.4 Å². The predicted molar refractivity (Wildman–Crippen MR) is 65.1 cm³/mol. The average Bonchev–Trinajstić information content (AvgIpc) is 2.86. The molecule has 0 aromatic rings. The molecule has 0 spiro atoms. The van der Waals surface area contributed by atoms with Crippen molar-refractivity contribution in [3.05, 3.63) is 0 Å². The number of aliphatic carboxylic acids is 1. The van der Waals surface area contributed by atoms with Gasteiger partial charge in [-0.05, 0) is 32.1 Å². The van der Waals surface area contributed by atoms with Gasteiger partial charge < -0.3 is 14.7 Å². The highest BCUT2D eigenvalue weighted by Crippen LogP contribution is 2.25. The zero-order chi connectivity index (χ0) is 13.1. The Bertz CT molecular complexity index is 331. The van der Waals surface area contributed by atoms with Crippen LogP contribution < -0.4 is 0 Å². The maximum atomic E-state index is 12.2. The standard InChI is InChI=1S/C13H21NO4/c1-2-10-5-6-11(18-10)12(15)14-7-3-4-9(8-14)13(16)17/h9-11H,2-8H2,1H3,(H,16,17). The lowest BCUT2D eigenvalue weighted by molar-refractivity contribution is -0.150. The summed E-state index contributed by atoms with van der Waals surface area (Å²) in [7, 11) is 0. The average molecular weight is 255 g/mol. The van der Waals surface area contributed by atoms with E-state index in [-0.39, 0.29) is 18.1 Å². The summed E-state index contributed by atoms with van der Waals surface area (Å²) in [5, 5.41) is 9.01. The quantitative estimate of drug-likeness (QED) is 0.824. The molecule has 2 aliphatic heterocycles. The van der Waals surface area contributed by atoms with Gasteiger partial charge in [-0.25, -0.2) is 0 Å². The summed E-state index contributed by atoms with van der Waals surface area (Å²) >= 11 is 0. The number of carbonyl (C=O) groups is 2. The maximum absolute atomic E-state index is 12.2. The molecule has 2 fully saturated rings. The molecular formula is C13H21NO4. The summed E-state index contributed by atoms with van der Waals surface area (Å²) in [5.41, 5.74) is 0. The highest BCUT2D eigenvalue weighted by Gasteiger charge is 2.35. The lowest BCUT2D eigenvalue weighted by Crippen LogP contribution is -2.46. The van der Waals surface area contributed by atoms with E-state index in [1.807, 2.05) is 0 Å².